The summed E-state index contributed by atoms with van der Waals surface area (Å²) in [7, 11) is 0. The van der Waals surface area contributed by atoms with Crippen molar-refractivity contribution in [3.63, 3.8) is 0 Å². The van der Waals surface area contributed by atoms with Crippen LogP contribution in [0.4, 0.5) is 5.69 Å². The topological polar surface area (TPSA) is 95.7 Å². The van der Waals surface area contributed by atoms with E-state index < -0.39 is 28.7 Å². The lowest BCUT2D eigenvalue weighted by atomic mass is 10.2. The highest BCUT2D eigenvalue weighted by atomic mass is 35.5. The molecule has 1 aliphatic rings. The minimum absolute atomic E-state index is 0.0456. The summed E-state index contributed by atoms with van der Waals surface area (Å²) in [6.45, 7) is 0.192. The van der Waals surface area contributed by atoms with Gasteiger partial charge in [0.2, 0.25) is 6.10 Å². The van der Waals surface area contributed by atoms with Crippen molar-refractivity contribution < 1.29 is 24.0 Å². The number of benzene rings is 1. The molecule has 1 aliphatic heterocycles. The molecule has 1 aromatic rings. The number of esters is 2. The molecule has 19 heavy (non-hydrogen) atoms. The first-order chi connectivity index (χ1) is 8.99. The van der Waals surface area contributed by atoms with E-state index in [2.05, 4.69) is 4.74 Å². The van der Waals surface area contributed by atoms with Gasteiger partial charge < -0.3 is 9.47 Å². The van der Waals surface area contributed by atoms with E-state index in [4.69, 9.17) is 16.3 Å². The predicted octanol–water partition coefficient (Wildman–Crippen LogP) is 1.72. The molecule has 0 unspecified atom stereocenters. The summed E-state index contributed by atoms with van der Waals surface area (Å²) in [5.74, 6) is -1.44. The van der Waals surface area contributed by atoms with Gasteiger partial charge in [0, 0.05) is 12.5 Å². The molecule has 1 atom stereocenters. The second-order valence-electron chi connectivity index (χ2n) is 3.77. The van der Waals surface area contributed by atoms with Crippen LogP contribution in [0.15, 0.2) is 18.2 Å². The molecule has 1 saturated heterocycles. The molecule has 0 N–H and O–H groups in total. The Morgan fingerprint density at radius 2 is 2.26 bits per heavy atom. The van der Waals surface area contributed by atoms with E-state index in [0.29, 0.717) is 0 Å². The Morgan fingerprint density at radius 3 is 2.84 bits per heavy atom. The number of cyclic esters (lactones) is 1. The molecule has 1 heterocycles. The van der Waals surface area contributed by atoms with E-state index in [9.17, 15) is 19.7 Å². The van der Waals surface area contributed by atoms with Crippen molar-refractivity contribution in [3.05, 3.63) is 38.9 Å². The quantitative estimate of drug-likeness (QED) is 0.476. The summed E-state index contributed by atoms with van der Waals surface area (Å²) in [6, 6.07) is 3.52. The van der Waals surface area contributed by atoms with E-state index in [1.54, 1.807) is 0 Å². The van der Waals surface area contributed by atoms with Crippen molar-refractivity contribution in [1.29, 1.82) is 0 Å². The standard InChI is InChI=1S/C11H8ClNO6/c12-7-2-1-6(5-8(7)13(16)17)10(14)19-9-3-4-18-11(9)15/h1-2,5,9H,3-4H2/t9-/m0/s1. The molecule has 0 aliphatic carbocycles. The fraction of sp³-hybridized carbons (Fsp3) is 0.273. The van der Waals surface area contributed by atoms with Crippen molar-refractivity contribution in [2.75, 3.05) is 6.61 Å². The molecular weight excluding hydrogens is 278 g/mol. The second kappa shape index (κ2) is 5.23. The molecule has 0 spiro atoms. The van der Waals surface area contributed by atoms with Crippen LogP contribution in [-0.4, -0.2) is 29.6 Å². The molecule has 8 heteroatoms. The van der Waals surface area contributed by atoms with Gasteiger partial charge in [-0.1, -0.05) is 11.6 Å². The van der Waals surface area contributed by atoms with Crippen molar-refractivity contribution in [2.45, 2.75) is 12.5 Å². The fourth-order valence-corrected chi connectivity index (χ4v) is 1.75. The van der Waals surface area contributed by atoms with Crippen molar-refractivity contribution in [1.82, 2.24) is 0 Å². The third-order valence-corrected chi connectivity index (χ3v) is 2.83. The largest absolute Gasteiger partial charge is 0.463 e. The molecule has 0 radical (unpaired) electrons. The van der Waals surface area contributed by atoms with Gasteiger partial charge in [-0.25, -0.2) is 9.59 Å². The number of hydrogen-bond donors (Lipinski definition) is 0. The maximum Gasteiger partial charge on any atom is 0.347 e. The van der Waals surface area contributed by atoms with E-state index >= 15 is 0 Å². The van der Waals surface area contributed by atoms with Crippen molar-refractivity contribution in [3.8, 4) is 0 Å². The highest BCUT2D eigenvalue weighted by Crippen LogP contribution is 2.25. The fourth-order valence-electron chi connectivity index (χ4n) is 1.56. The van der Waals surface area contributed by atoms with Gasteiger partial charge in [0.1, 0.15) is 5.02 Å². The normalized spacial score (nSPS) is 17.9. The SMILES string of the molecule is O=C(O[C@H]1CCOC1=O)c1ccc(Cl)c([N+](=O)[O-])c1. The average Bonchev–Trinajstić information content (AvgIpc) is 2.75. The van der Waals surface area contributed by atoms with E-state index in [1.165, 1.54) is 12.1 Å². The third kappa shape index (κ3) is 2.82. The maximum atomic E-state index is 11.7. The molecule has 1 aromatic carbocycles. The minimum atomic E-state index is -0.956. The van der Waals surface area contributed by atoms with E-state index in [0.717, 1.165) is 6.07 Å². The van der Waals surface area contributed by atoms with Crippen LogP contribution in [0.2, 0.25) is 5.02 Å². The van der Waals surface area contributed by atoms with Gasteiger partial charge in [0.05, 0.1) is 17.1 Å². The Kier molecular flexibility index (Phi) is 3.66. The molecule has 0 saturated carbocycles. The zero-order valence-electron chi connectivity index (χ0n) is 9.50. The number of halogens is 1. The molecule has 100 valence electrons. The number of nitrogens with zero attached hydrogens (tertiary/aromatic N) is 1. The van der Waals surface area contributed by atoms with Crippen LogP contribution in [-0.2, 0) is 14.3 Å². The van der Waals surface area contributed by atoms with Crippen molar-refractivity contribution >= 4 is 29.2 Å². The van der Waals surface area contributed by atoms with Crippen LogP contribution < -0.4 is 0 Å². The van der Waals surface area contributed by atoms with Gasteiger partial charge in [0.25, 0.3) is 5.69 Å². The van der Waals surface area contributed by atoms with Crippen LogP contribution in [0.25, 0.3) is 0 Å². The number of carbonyl (C=O) groups is 2. The molecule has 0 bridgehead atoms. The first-order valence-electron chi connectivity index (χ1n) is 5.30. The molecular formula is C11H8ClNO6. The number of nitro groups is 1. The number of hydrogen-bond acceptors (Lipinski definition) is 6. The van der Waals surface area contributed by atoms with E-state index in [1.807, 2.05) is 0 Å². The number of rotatable bonds is 3. The van der Waals surface area contributed by atoms with Gasteiger partial charge in [-0.3, -0.25) is 10.1 Å². The van der Waals surface area contributed by atoms with Gasteiger partial charge in [-0.2, -0.15) is 0 Å². The molecule has 0 aromatic heterocycles. The smallest absolute Gasteiger partial charge is 0.347 e. The van der Waals surface area contributed by atoms with Crippen LogP contribution in [0.1, 0.15) is 16.8 Å². The summed E-state index contributed by atoms with van der Waals surface area (Å²) in [5, 5.41) is 10.6. The number of carbonyl (C=O) groups excluding carboxylic acids is 2. The highest BCUT2D eigenvalue weighted by Gasteiger charge is 2.31. The summed E-state index contributed by atoms with van der Waals surface area (Å²) < 4.78 is 9.54. The lowest BCUT2D eigenvalue weighted by molar-refractivity contribution is -0.384. The van der Waals surface area contributed by atoms with Gasteiger partial charge in [-0.15, -0.1) is 0 Å². The molecule has 7 nitrogen and oxygen atoms in total. The van der Waals surface area contributed by atoms with Crippen molar-refractivity contribution in [2.24, 2.45) is 0 Å². The Labute approximate surface area is 112 Å². The lowest BCUT2D eigenvalue weighted by Crippen LogP contribution is -2.22. The Hall–Kier alpha value is -2.15. The van der Waals surface area contributed by atoms with Crippen LogP contribution >= 0.6 is 11.6 Å². The Balaban J connectivity index is 2.17. The lowest BCUT2D eigenvalue weighted by Gasteiger charge is -2.08. The van der Waals surface area contributed by atoms with E-state index in [-0.39, 0.29) is 23.6 Å². The molecule has 2 rings (SSSR count). The second-order valence-corrected chi connectivity index (χ2v) is 4.18. The summed E-state index contributed by atoms with van der Waals surface area (Å²) in [4.78, 5) is 32.9. The van der Waals surface area contributed by atoms with Crippen LogP contribution in [0.5, 0.6) is 0 Å². The molecule has 1 fully saturated rings. The monoisotopic (exact) mass is 285 g/mol. The summed E-state index contributed by atoms with van der Waals surface area (Å²) in [5.41, 5.74) is -0.444. The Morgan fingerprint density at radius 1 is 1.53 bits per heavy atom. The average molecular weight is 286 g/mol. The zero-order valence-corrected chi connectivity index (χ0v) is 10.3. The zero-order chi connectivity index (χ0) is 14.0. The first-order valence-corrected chi connectivity index (χ1v) is 5.68. The van der Waals surface area contributed by atoms with Crippen LogP contribution in [0, 0.1) is 10.1 Å². The predicted molar refractivity (Wildman–Crippen MR) is 62.9 cm³/mol. The van der Waals surface area contributed by atoms with Crippen LogP contribution in [0.3, 0.4) is 0 Å². The maximum absolute atomic E-state index is 11.7. The first kappa shape index (κ1) is 13.3. The summed E-state index contributed by atoms with van der Waals surface area (Å²) in [6.07, 6.45) is -0.678. The van der Waals surface area contributed by atoms with Gasteiger partial charge >= 0.3 is 11.9 Å². The minimum Gasteiger partial charge on any atom is -0.463 e. The van der Waals surface area contributed by atoms with Gasteiger partial charge in [0.15, 0.2) is 0 Å². The molecule has 0 amide bonds. The van der Waals surface area contributed by atoms with Gasteiger partial charge in [-0.05, 0) is 12.1 Å². The summed E-state index contributed by atoms with van der Waals surface area (Å²) >= 11 is 5.62. The third-order valence-electron chi connectivity index (χ3n) is 2.52. The number of ether oxygens (including phenoxy) is 2. The highest BCUT2D eigenvalue weighted by molar-refractivity contribution is 6.32. The Bertz CT molecular complexity index is 558. The number of nitro benzene ring substituents is 1.